The molecular weight excluding hydrogens is 336 g/mol. The van der Waals surface area contributed by atoms with Crippen LogP contribution in [0.15, 0.2) is 60.8 Å². The Balaban J connectivity index is 1.62. The van der Waals surface area contributed by atoms with E-state index in [1.165, 1.54) is 11.3 Å². The summed E-state index contributed by atoms with van der Waals surface area (Å²) in [6.45, 7) is 0. The Morgan fingerprint density at radius 3 is 2.72 bits per heavy atom. The maximum atomic E-state index is 12.5. The molecule has 2 heterocycles. The largest absolute Gasteiger partial charge is 0.477 e. The molecule has 1 amide bonds. The normalized spacial score (nSPS) is 10.9. The highest BCUT2D eigenvalue weighted by atomic mass is 32.1. The highest BCUT2D eigenvalue weighted by Crippen LogP contribution is 2.28. The maximum absolute atomic E-state index is 12.5. The van der Waals surface area contributed by atoms with Crippen molar-refractivity contribution in [1.82, 2.24) is 4.98 Å². The van der Waals surface area contributed by atoms with Crippen molar-refractivity contribution in [3.8, 4) is 0 Å². The highest BCUT2D eigenvalue weighted by Gasteiger charge is 2.11. The number of carbonyl (C=O) groups excluding carboxylic acids is 1. The van der Waals surface area contributed by atoms with Gasteiger partial charge in [0.15, 0.2) is 0 Å². The molecule has 0 unspecified atom stereocenters. The molecule has 4 aromatic rings. The molecule has 122 valence electrons. The molecule has 2 N–H and O–H groups in total. The monoisotopic (exact) mass is 348 g/mol. The fourth-order valence-corrected chi connectivity index (χ4v) is 3.53. The Morgan fingerprint density at radius 1 is 1.00 bits per heavy atom. The molecule has 0 aliphatic carbocycles. The second-order valence-electron chi connectivity index (χ2n) is 5.53. The summed E-state index contributed by atoms with van der Waals surface area (Å²) < 4.78 is 0.868. The second-order valence-corrected chi connectivity index (χ2v) is 6.62. The Morgan fingerprint density at radius 2 is 1.88 bits per heavy atom. The van der Waals surface area contributed by atoms with Gasteiger partial charge >= 0.3 is 5.97 Å². The molecule has 0 bridgehead atoms. The first-order chi connectivity index (χ1) is 12.1. The van der Waals surface area contributed by atoms with E-state index in [0.717, 1.165) is 21.0 Å². The molecule has 2 aromatic carbocycles. The first kappa shape index (κ1) is 15.3. The third kappa shape index (κ3) is 2.95. The number of amides is 1. The number of nitrogens with one attached hydrogen (secondary N) is 1. The van der Waals surface area contributed by atoms with Gasteiger partial charge in [0.1, 0.15) is 4.88 Å². The van der Waals surface area contributed by atoms with E-state index in [4.69, 9.17) is 5.11 Å². The number of hydrogen-bond acceptors (Lipinski definition) is 4. The number of thiophene rings is 1. The van der Waals surface area contributed by atoms with Crippen molar-refractivity contribution < 1.29 is 14.7 Å². The van der Waals surface area contributed by atoms with E-state index in [1.807, 2.05) is 24.3 Å². The van der Waals surface area contributed by atoms with Crippen LogP contribution in [0, 0.1) is 0 Å². The summed E-state index contributed by atoms with van der Waals surface area (Å²) in [7, 11) is 0. The lowest BCUT2D eigenvalue weighted by Crippen LogP contribution is -2.11. The van der Waals surface area contributed by atoms with Gasteiger partial charge in [0.05, 0.1) is 5.52 Å². The third-order valence-electron chi connectivity index (χ3n) is 3.85. The second kappa shape index (κ2) is 5.99. The molecule has 6 heteroatoms. The zero-order chi connectivity index (χ0) is 17.4. The van der Waals surface area contributed by atoms with Crippen molar-refractivity contribution in [1.29, 1.82) is 0 Å². The molecule has 2 aromatic heterocycles. The molecule has 5 nitrogen and oxygen atoms in total. The predicted octanol–water partition coefficient (Wildman–Crippen LogP) is 4.40. The number of pyridine rings is 1. The molecule has 0 saturated heterocycles. The smallest absolute Gasteiger partial charge is 0.345 e. The number of aromatic nitrogens is 1. The van der Waals surface area contributed by atoms with Gasteiger partial charge in [-0.3, -0.25) is 9.78 Å². The van der Waals surface area contributed by atoms with Crippen LogP contribution in [0.4, 0.5) is 5.69 Å². The fourth-order valence-electron chi connectivity index (χ4n) is 2.65. The zero-order valence-corrected chi connectivity index (χ0v) is 13.7. The summed E-state index contributed by atoms with van der Waals surface area (Å²) in [4.78, 5) is 28.1. The van der Waals surface area contributed by atoms with Crippen LogP contribution in [-0.4, -0.2) is 22.0 Å². The number of anilines is 1. The minimum atomic E-state index is -0.948. The standard InChI is InChI=1S/C19H12N2O3S/c22-18(12-3-5-15-11(8-12)2-1-7-20-15)21-14-4-6-16-13(9-14)10-17(25-16)19(23)24/h1-10H,(H,21,22)(H,23,24). The average molecular weight is 348 g/mol. The Hall–Kier alpha value is -3.25. The third-order valence-corrected chi connectivity index (χ3v) is 4.95. The molecule has 0 saturated carbocycles. The van der Waals surface area contributed by atoms with Gasteiger partial charge in [-0.15, -0.1) is 11.3 Å². The molecule has 0 spiro atoms. The number of carboxylic acids is 1. The molecule has 0 aliphatic heterocycles. The minimum absolute atomic E-state index is 0.223. The number of hydrogen-bond donors (Lipinski definition) is 2. The Kier molecular flexibility index (Phi) is 3.66. The molecule has 0 atom stereocenters. The van der Waals surface area contributed by atoms with E-state index in [2.05, 4.69) is 10.3 Å². The number of benzene rings is 2. The number of carbonyl (C=O) groups is 2. The molecule has 0 radical (unpaired) electrons. The van der Waals surface area contributed by atoms with E-state index in [-0.39, 0.29) is 10.8 Å². The average Bonchev–Trinajstić information content (AvgIpc) is 3.05. The summed E-state index contributed by atoms with van der Waals surface area (Å²) in [6, 6.07) is 16.0. The topological polar surface area (TPSA) is 79.3 Å². The molecule has 0 aliphatic rings. The number of rotatable bonds is 3. The van der Waals surface area contributed by atoms with E-state index >= 15 is 0 Å². The van der Waals surface area contributed by atoms with Gasteiger partial charge in [-0.2, -0.15) is 0 Å². The lowest BCUT2D eigenvalue weighted by molar-refractivity contribution is 0.0702. The van der Waals surface area contributed by atoms with E-state index in [1.54, 1.807) is 36.5 Å². The van der Waals surface area contributed by atoms with Gasteiger partial charge < -0.3 is 10.4 Å². The summed E-state index contributed by atoms with van der Waals surface area (Å²) >= 11 is 1.21. The van der Waals surface area contributed by atoms with Crippen molar-refractivity contribution in [2.45, 2.75) is 0 Å². The van der Waals surface area contributed by atoms with Gasteiger partial charge in [0.25, 0.3) is 5.91 Å². The van der Waals surface area contributed by atoms with Crippen molar-refractivity contribution in [2.75, 3.05) is 5.32 Å². The molecule has 0 fully saturated rings. The number of fused-ring (bicyclic) bond motifs is 2. The fraction of sp³-hybridized carbons (Fsp3) is 0. The predicted molar refractivity (Wildman–Crippen MR) is 98.5 cm³/mol. The minimum Gasteiger partial charge on any atom is -0.477 e. The van der Waals surface area contributed by atoms with Crippen LogP contribution in [0.5, 0.6) is 0 Å². The zero-order valence-electron chi connectivity index (χ0n) is 12.9. The van der Waals surface area contributed by atoms with Gasteiger partial charge in [-0.1, -0.05) is 6.07 Å². The van der Waals surface area contributed by atoms with Gasteiger partial charge in [0, 0.05) is 27.5 Å². The van der Waals surface area contributed by atoms with Crippen LogP contribution < -0.4 is 5.32 Å². The van der Waals surface area contributed by atoms with Crippen molar-refractivity contribution in [3.63, 3.8) is 0 Å². The van der Waals surface area contributed by atoms with Crippen LogP contribution in [0.3, 0.4) is 0 Å². The van der Waals surface area contributed by atoms with Gasteiger partial charge in [0.2, 0.25) is 0 Å². The SMILES string of the molecule is O=C(Nc1ccc2sc(C(=O)O)cc2c1)c1ccc2ncccc2c1. The van der Waals surface area contributed by atoms with Crippen LogP contribution >= 0.6 is 11.3 Å². The summed E-state index contributed by atoms with van der Waals surface area (Å²) in [6.07, 6.45) is 1.71. The number of carboxylic acid groups (broad SMARTS) is 1. The lowest BCUT2D eigenvalue weighted by atomic mass is 10.1. The number of aromatic carboxylic acids is 1. The van der Waals surface area contributed by atoms with Crippen molar-refractivity contribution in [2.24, 2.45) is 0 Å². The van der Waals surface area contributed by atoms with Crippen LogP contribution in [0.1, 0.15) is 20.0 Å². The molecular formula is C19H12N2O3S. The Labute approximate surface area is 146 Å². The Bertz CT molecular complexity index is 1130. The summed E-state index contributed by atoms with van der Waals surface area (Å²) in [5.74, 6) is -1.17. The lowest BCUT2D eigenvalue weighted by Gasteiger charge is -2.06. The first-order valence-corrected chi connectivity index (χ1v) is 8.35. The van der Waals surface area contributed by atoms with E-state index < -0.39 is 5.97 Å². The van der Waals surface area contributed by atoms with Crippen LogP contribution in [0.25, 0.3) is 21.0 Å². The molecule has 25 heavy (non-hydrogen) atoms. The number of nitrogens with zero attached hydrogens (tertiary/aromatic N) is 1. The van der Waals surface area contributed by atoms with E-state index in [0.29, 0.717) is 11.3 Å². The van der Waals surface area contributed by atoms with Crippen molar-refractivity contribution >= 4 is 49.9 Å². The maximum Gasteiger partial charge on any atom is 0.345 e. The van der Waals surface area contributed by atoms with Gasteiger partial charge in [-0.05, 0) is 53.9 Å². The molecule has 4 rings (SSSR count). The first-order valence-electron chi connectivity index (χ1n) is 7.53. The highest BCUT2D eigenvalue weighted by molar-refractivity contribution is 7.20. The van der Waals surface area contributed by atoms with E-state index in [9.17, 15) is 9.59 Å². The summed E-state index contributed by atoms with van der Waals surface area (Å²) in [5.41, 5.74) is 2.00. The van der Waals surface area contributed by atoms with Crippen molar-refractivity contribution in [3.05, 3.63) is 71.2 Å². The van der Waals surface area contributed by atoms with Crippen LogP contribution in [0.2, 0.25) is 0 Å². The van der Waals surface area contributed by atoms with Gasteiger partial charge in [-0.25, -0.2) is 4.79 Å². The summed E-state index contributed by atoms with van der Waals surface area (Å²) in [5, 5.41) is 13.6. The quantitative estimate of drug-likeness (QED) is 0.575. The van der Waals surface area contributed by atoms with Crippen LogP contribution in [-0.2, 0) is 0 Å².